The fraction of sp³-hybridized carbons (Fsp3) is 0.238. The topological polar surface area (TPSA) is 61.8 Å². The summed E-state index contributed by atoms with van der Waals surface area (Å²) in [5.74, 6) is 0. The van der Waals surface area contributed by atoms with Crippen LogP contribution in [-0.4, -0.2) is 14.7 Å². The van der Waals surface area contributed by atoms with Gasteiger partial charge in [-0.15, -0.1) is 0 Å². The molecule has 1 heterocycles. The highest BCUT2D eigenvalue weighted by atomic mass is 16.3. The highest BCUT2D eigenvalue weighted by molar-refractivity contribution is 5.31. The van der Waals surface area contributed by atoms with E-state index in [0.717, 1.165) is 24.1 Å². The molecule has 0 fully saturated rings. The maximum absolute atomic E-state index is 10.5. The van der Waals surface area contributed by atoms with Gasteiger partial charge in [-0.05, 0) is 42.5 Å². The molecule has 0 aliphatic carbocycles. The second kappa shape index (κ2) is 8.27. The molecule has 3 aromatic rings. The van der Waals surface area contributed by atoms with Crippen LogP contribution in [0.5, 0.6) is 0 Å². The van der Waals surface area contributed by atoms with Gasteiger partial charge in [0, 0.05) is 6.54 Å². The smallest absolute Gasteiger partial charge is 0.0991 e. The van der Waals surface area contributed by atoms with E-state index in [9.17, 15) is 5.11 Å². The number of aryl methyl sites for hydroxylation is 1. The van der Waals surface area contributed by atoms with Crippen LogP contribution in [0.15, 0.2) is 67.1 Å². The summed E-state index contributed by atoms with van der Waals surface area (Å²) in [5, 5.41) is 19.4. The highest BCUT2D eigenvalue weighted by Gasteiger charge is 2.13. The summed E-state index contributed by atoms with van der Waals surface area (Å²) in [6.45, 7) is 0.636. The zero-order valence-corrected chi connectivity index (χ0v) is 14.0. The van der Waals surface area contributed by atoms with Crippen molar-refractivity contribution < 1.29 is 5.11 Å². The van der Waals surface area contributed by atoms with Gasteiger partial charge in [0.25, 0.3) is 0 Å². The Bertz CT molecular complexity index is 832. The third kappa shape index (κ3) is 4.56. The summed E-state index contributed by atoms with van der Waals surface area (Å²) in [7, 11) is 0. The van der Waals surface area contributed by atoms with Gasteiger partial charge in [-0.3, -0.25) is 0 Å². The number of benzene rings is 2. The minimum Gasteiger partial charge on any atom is -0.387 e. The van der Waals surface area contributed by atoms with E-state index in [4.69, 9.17) is 5.26 Å². The Morgan fingerprint density at radius 2 is 1.80 bits per heavy atom. The minimum atomic E-state index is -0.524. The average molecular weight is 331 g/mol. The van der Waals surface area contributed by atoms with Gasteiger partial charge in [0.05, 0.1) is 36.0 Å². The molecular weight excluding hydrogens is 310 g/mol. The number of nitriles is 1. The third-order valence-electron chi connectivity index (χ3n) is 4.31. The lowest BCUT2D eigenvalue weighted by Gasteiger charge is -2.14. The monoisotopic (exact) mass is 331 g/mol. The largest absolute Gasteiger partial charge is 0.387 e. The maximum atomic E-state index is 10.5. The molecule has 0 amide bonds. The quantitative estimate of drug-likeness (QED) is 0.715. The molecule has 3 rings (SSSR count). The van der Waals surface area contributed by atoms with Crippen molar-refractivity contribution in [2.24, 2.45) is 0 Å². The van der Waals surface area contributed by atoms with Crippen molar-refractivity contribution in [3.8, 4) is 6.07 Å². The highest BCUT2D eigenvalue weighted by Crippen LogP contribution is 2.20. The van der Waals surface area contributed by atoms with Crippen LogP contribution in [0.1, 0.15) is 41.3 Å². The maximum Gasteiger partial charge on any atom is 0.0991 e. The number of nitrogens with zero attached hydrogens (tertiary/aromatic N) is 3. The Morgan fingerprint density at radius 3 is 2.52 bits per heavy atom. The first kappa shape index (κ1) is 16.9. The second-order valence-electron chi connectivity index (χ2n) is 6.15. The Labute approximate surface area is 148 Å². The van der Waals surface area contributed by atoms with Crippen molar-refractivity contribution in [3.05, 3.63) is 89.5 Å². The molecule has 4 heteroatoms. The predicted molar refractivity (Wildman–Crippen MR) is 96.8 cm³/mol. The van der Waals surface area contributed by atoms with Crippen LogP contribution in [0.3, 0.4) is 0 Å². The minimum absolute atomic E-state index is 0.524. The van der Waals surface area contributed by atoms with E-state index in [-0.39, 0.29) is 0 Å². The lowest BCUT2D eigenvalue weighted by molar-refractivity contribution is 0.156. The molecule has 25 heavy (non-hydrogen) atoms. The zero-order chi connectivity index (χ0) is 17.5. The van der Waals surface area contributed by atoms with Gasteiger partial charge in [-0.2, -0.15) is 5.26 Å². The number of aromatic nitrogens is 2. The summed E-state index contributed by atoms with van der Waals surface area (Å²) in [5.41, 5.74) is 3.85. The van der Waals surface area contributed by atoms with Crippen LogP contribution in [0, 0.1) is 11.3 Å². The first-order valence-electron chi connectivity index (χ1n) is 8.47. The first-order chi connectivity index (χ1) is 12.3. The molecule has 1 N–H and O–H groups in total. The van der Waals surface area contributed by atoms with Crippen molar-refractivity contribution in [2.75, 3.05) is 0 Å². The van der Waals surface area contributed by atoms with E-state index < -0.39 is 6.10 Å². The SMILES string of the molecule is N#Cc1ccc(Cn2cncc2C(O)CCCc2ccccc2)cc1. The van der Waals surface area contributed by atoms with Crippen LogP contribution in [-0.2, 0) is 13.0 Å². The Kier molecular flexibility index (Phi) is 5.61. The molecule has 1 aromatic heterocycles. The van der Waals surface area contributed by atoms with E-state index in [1.807, 2.05) is 47.0 Å². The van der Waals surface area contributed by atoms with Crippen molar-refractivity contribution in [1.82, 2.24) is 9.55 Å². The molecule has 0 aliphatic heterocycles. The van der Waals surface area contributed by atoms with Gasteiger partial charge in [0.15, 0.2) is 0 Å². The molecule has 0 bridgehead atoms. The van der Waals surface area contributed by atoms with Gasteiger partial charge in [0.2, 0.25) is 0 Å². The van der Waals surface area contributed by atoms with Gasteiger partial charge < -0.3 is 9.67 Å². The summed E-state index contributed by atoms with van der Waals surface area (Å²) in [6, 6.07) is 19.9. The summed E-state index contributed by atoms with van der Waals surface area (Å²) >= 11 is 0. The van der Waals surface area contributed by atoms with Gasteiger partial charge in [-0.25, -0.2) is 4.98 Å². The molecule has 4 nitrogen and oxygen atoms in total. The van der Waals surface area contributed by atoms with Crippen molar-refractivity contribution in [3.63, 3.8) is 0 Å². The molecule has 0 aliphatic rings. The second-order valence-corrected chi connectivity index (χ2v) is 6.15. The fourth-order valence-corrected chi connectivity index (χ4v) is 2.91. The third-order valence-corrected chi connectivity index (χ3v) is 4.31. The lowest BCUT2D eigenvalue weighted by Crippen LogP contribution is -2.08. The van der Waals surface area contributed by atoms with E-state index in [1.165, 1.54) is 5.56 Å². The number of imidazole rings is 1. The molecule has 126 valence electrons. The summed E-state index contributed by atoms with van der Waals surface area (Å²) in [6.07, 6.45) is 5.54. The van der Waals surface area contributed by atoms with Crippen molar-refractivity contribution in [2.45, 2.75) is 31.9 Å². The number of hydrogen-bond donors (Lipinski definition) is 1. The zero-order valence-electron chi connectivity index (χ0n) is 14.0. The van der Waals surface area contributed by atoms with Crippen molar-refractivity contribution >= 4 is 0 Å². The van der Waals surface area contributed by atoms with E-state index in [0.29, 0.717) is 18.5 Å². The number of aliphatic hydroxyl groups excluding tert-OH is 1. The Balaban J connectivity index is 1.59. The number of rotatable bonds is 7. The standard InChI is InChI=1S/C21H21N3O/c22-13-18-9-11-19(12-10-18)15-24-16-23-14-20(24)21(25)8-4-7-17-5-2-1-3-6-17/h1-3,5-6,9-12,14,16,21,25H,4,7-8,15H2. The van der Waals surface area contributed by atoms with Gasteiger partial charge >= 0.3 is 0 Å². The van der Waals surface area contributed by atoms with Crippen LogP contribution in [0.2, 0.25) is 0 Å². The van der Waals surface area contributed by atoms with Crippen LogP contribution in [0.25, 0.3) is 0 Å². The molecule has 2 aromatic carbocycles. The van der Waals surface area contributed by atoms with Crippen LogP contribution < -0.4 is 0 Å². The molecule has 0 saturated carbocycles. The van der Waals surface area contributed by atoms with E-state index >= 15 is 0 Å². The Hall–Kier alpha value is -2.90. The molecule has 1 atom stereocenters. The molecule has 1 unspecified atom stereocenters. The normalized spacial score (nSPS) is 11.8. The Morgan fingerprint density at radius 1 is 1.04 bits per heavy atom. The number of aliphatic hydroxyl groups is 1. The predicted octanol–water partition coefficient (Wildman–Crippen LogP) is 3.86. The lowest BCUT2D eigenvalue weighted by atomic mass is 10.0. The summed E-state index contributed by atoms with van der Waals surface area (Å²) < 4.78 is 1.97. The molecule has 0 radical (unpaired) electrons. The van der Waals surface area contributed by atoms with Crippen LogP contribution >= 0.6 is 0 Å². The van der Waals surface area contributed by atoms with Gasteiger partial charge in [-0.1, -0.05) is 42.5 Å². The van der Waals surface area contributed by atoms with E-state index in [1.54, 1.807) is 12.5 Å². The van der Waals surface area contributed by atoms with Crippen LogP contribution in [0.4, 0.5) is 0 Å². The molecule has 0 spiro atoms. The van der Waals surface area contributed by atoms with Gasteiger partial charge in [0.1, 0.15) is 0 Å². The number of hydrogen-bond acceptors (Lipinski definition) is 3. The molecular formula is C21H21N3O. The fourth-order valence-electron chi connectivity index (χ4n) is 2.91. The first-order valence-corrected chi connectivity index (χ1v) is 8.47. The molecule has 0 saturated heterocycles. The summed E-state index contributed by atoms with van der Waals surface area (Å²) in [4.78, 5) is 4.19. The average Bonchev–Trinajstić information content (AvgIpc) is 3.11. The van der Waals surface area contributed by atoms with Crippen molar-refractivity contribution in [1.29, 1.82) is 5.26 Å². The van der Waals surface area contributed by atoms with E-state index in [2.05, 4.69) is 23.2 Å².